The second-order valence-corrected chi connectivity index (χ2v) is 10.2. The molecule has 1 aromatic carbocycles. The van der Waals surface area contributed by atoms with E-state index in [0.717, 1.165) is 29.5 Å². The minimum absolute atomic E-state index is 0.188. The molecular weight excluding hydrogens is 642 g/mol. The smallest absolute Gasteiger partial charge is 0.285 e. The lowest BCUT2D eigenvalue weighted by Gasteiger charge is -2.14. The van der Waals surface area contributed by atoms with Crippen LogP contribution in [0.3, 0.4) is 0 Å². The summed E-state index contributed by atoms with van der Waals surface area (Å²) in [6.45, 7) is 0.188. The first-order valence-electron chi connectivity index (χ1n) is 7.58. The van der Waals surface area contributed by atoms with Gasteiger partial charge in [0.15, 0.2) is 4.32 Å². The molecular formula is C18H10I2N2O3S3. The number of benzene rings is 1. The summed E-state index contributed by atoms with van der Waals surface area (Å²) in [5.41, 5.74) is 3.39. The standard InChI is InChI=1S/C18H10I2N2O3S3/c1-2-5-25-15-11(19)7-10(8-12(15)20)9-14-17(24)22(18(26)28-14)21-16(23)13-4-3-6-27-13/h1,3-4,6-9H,5H2,(H,21,23)/b14-9-. The van der Waals surface area contributed by atoms with Gasteiger partial charge in [-0.1, -0.05) is 23.7 Å². The minimum Gasteiger partial charge on any atom is -0.479 e. The number of carbonyl (C=O) groups is 2. The lowest BCUT2D eigenvalue weighted by molar-refractivity contribution is -0.123. The van der Waals surface area contributed by atoms with Gasteiger partial charge in [-0.05, 0) is 92.6 Å². The Morgan fingerprint density at radius 1 is 1.39 bits per heavy atom. The first-order valence-corrected chi connectivity index (χ1v) is 11.8. The Labute approximate surface area is 202 Å². The van der Waals surface area contributed by atoms with Crippen molar-refractivity contribution in [3.8, 4) is 18.1 Å². The van der Waals surface area contributed by atoms with Crippen LogP contribution in [-0.2, 0) is 4.79 Å². The van der Waals surface area contributed by atoms with Crippen LogP contribution in [0.15, 0.2) is 34.6 Å². The molecule has 0 aliphatic carbocycles. The number of nitrogens with zero attached hydrogens (tertiary/aromatic N) is 1. The fraction of sp³-hybridized carbons (Fsp3) is 0.0556. The van der Waals surface area contributed by atoms with E-state index in [1.54, 1.807) is 23.6 Å². The number of thioether (sulfide) groups is 1. The molecule has 2 amide bonds. The molecule has 0 unspecified atom stereocenters. The molecule has 0 spiro atoms. The molecule has 1 N–H and O–H groups in total. The lowest BCUT2D eigenvalue weighted by Crippen LogP contribution is -2.44. The number of nitrogens with one attached hydrogen (secondary N) is 1. The van der Waals surface area contributed by atoms with E-state index in [9.17, 15) is 9.59 Å². The van der Waals surface area contributed by atoms with E-state index in [2.05, 4.69) is 56.5 Å². The van der Waals surface area contributed by atoms with E-state index in [-0.39, 0.29) is 22.7 Å². The SMILES string of the molecule is C#CCOc1c(I)cc(/C=C2\SC(=S)N(NC(=O)c3cccs3)C2=O)cc1I. The van der Waals surface area contributed by atoms with Crippen LogP contribution in [0.5, 0.6) is 5.75 Å². The summed E-state index contributed by atoms with van der Waals surface area (Å²) in [6.07, 6.45) is 6.99. The molecule has 1 saturated heterocycles. The highest BCUT2D eigenvalue weighted by molar-refractivity contribution is 14.1. The molecule has 0 bridgehead atoms. The zero-order valence-electron chi connectivity index (χ0n) is 13.9. The zero-order chi connectivity index (χ0) is 20.3. The van der Waals surface area contributed by atoms with E-state index < -0.39 is 0 Å². The van der Waals surface area contributed by atoms with Crippen LogP contribution in [0.4, 0.5) is 0 Å². The summed E-state index contributed by atoms with van der Waals surface area (Å²) in [5, 5.41) is 2.90. The van der Waals surface area contributed by atoms with Crippen LogP contribution < -0.4 is 10.2 Å². The molecule has 1 aliphatic rings. The molecule has 2 heterocycles. The monoisotopic (exact) mass is 652 g/mol. The van der Waals surface area contributed by atoms with Crippen molar-refractivity contribution in [1.29, 1.82) is 0 Å². The number of hydrazine groups is 1. The molecule has 1 aliphatic heterocycles. The molecule has 5 nitrogen and oxygen atoms in total. The van der Waals surface area contributed by atoms with Crippen molar-refractivity contribution in [2.24, 2.45) is 0 Å². The molecule has 10 heteroatoms. The summed E-state index contributed by atoms with van der Waals surface area (Å²) in [4.78, 5) is 25.8. The molecule has 2 aromatic rings. The van der Waals surface area contributed by atoms with E-state index in [0.29, 0.717) is 15.5 Å². The van der Waals surface area contributed by atoms with Gasteiger partial charge in [0.2, 0.25) is 0 Å². The number of ether oxygens (including phenoxy) is 1. The van der Waals surface area contributed by atoms with Crippen LogP contribution in [0.25, 0.3) is 6.08 Å². The summed E-state index contributed by atoms with van der Waals surface area (Å²) in [7, 11) is 0. The van der Waals surface area contributed by atoms with Crippen LogP contribution in [0.2, 0.25) is 0 Å². The molecule has 0 radical (unpaired) electrons. The van der Waals surface area contributed by atoms with Crippen LogP contribution in [-0.4, -0.2) is 27.8 Å². The molecule has 0 saturated carbocycles. The number of amides is 2. The van der Waals surface area contributed by atoms with E-state index in [1.165, 1.54) is 11.3 Å². The van der Waals surface area contributed by atoms with Gasteiger partial charge in [0.05, 0.1) is 16.9 Å². The van der Waals surface area contributed by atoms with Gasteiger partial charge in [-0.15, -0.1) is 17.8 Å². The first-order chi connectivity index (χ1) is 13.4. The van der Waals surface area contributed by atoms with Gasteiger partial charge in [0.1, 0.15) is 12.4 Å². The van der Waals surface area contributed by atoms with Crippen molar-refractivity contribution in [2.75, 3.05) is 6.61 Å². The zero-order valence-corrected chi connectivity index (χ0v) is 20.7. The average molecular weight is 652 g/mol. The van der Waals surface area contributed by atoms with E-state index in [1.807, 2.05) is 12.1 Å². The Hall–Kier alpha value is -1.14. The maximum absolute atomic E-state index is 12.7. The van der Waals surface area contributed by atoms with Gasteiger partial charge < -0.3 is 4.74 Å². The van der Waals surface area contributed by atoms with Crippen molar-refractivity contribution in [3.05, 3.63) is 52.1 Å². The molecule has 142 valence electrons. The van der Waals surface area contributed by atoms with Gasteiger partial charge in [-0.25, -0.2) is 0 Å². The number of thiophene rings is 1. The molecule has 28 heavy (non-hydrogen) atoms. The highest BCUT2D eigenvalue weighted by Crippen LogP contribution is 2.34. The number of thiocarbonyl (C=S) groups is 1. The fourth-order valence-corrected chi connectivity index (χ4v) is 6.12. The number of hydrogen-bond acceptors (Lipinski definition) is 6. The van der Waals surface area contributed by atoms with Gasteiger partial charge in [-0.2, -0.15) is 5.01 Å². The minimum atomic E-state index is -0.369. The maximum atomic E-state index is 12.7. The normalized spacial score (nSPS) is 15.0. The average Bonchev–Trinajstić information content (AvgIpc) is 3.26. The predicted molar refractivity (Wildman–Crippen MR) is 133 cm³/mol. The topological polar surface area (TPSA) is 58.6 Å². The molecule has 3 rings (SSSR count). The number of terminal acetylenes is 1. The molecule has 1 fully saturated rings. The van der Waals surface area contributed by atoms with Crippen molar-refractivity contribution in [3.63, 3.8) is 0 Å². The Bertz CT molecular complexity index is 1010. The summed E-state index contributed by atoms with van der Waals surface area (Å²) in [6, 6.07) is 7.24. The fourth-order valence-electron chi connectivity index (χ4n) is 2.19. The molecule has 0 atom stereocenters. The maximum Gasteiger partial charge on any atom is 0.285 e. The third-order valence-electron chi connectivity index (χ3n) is 3.37. The quantitative estimate of drug-likeness (QED) is 0.223. The van der Waals surface area contributed by atoms with Crippen LogP contribution in [0, 0.1) is 19.5 Å². The number of hydrogen-bond donors (Lipinski definition) is 1. The Morgan fingerprint density at radius 3 is 2.71 bits per heavy atom. The van der Waals surface area contributed by atoms with Crippen molar-refractivity contribution in [2.45, 2.75) is 0 Å². The van der Waals surface area contributed by atoms with Gasteiger partial charge in [0.25, 0.3) is 11.8 Å². The van der Waals surface area contributed by atoms with Gasteiger partial charge in [-0.3, -0.25) is 15.0 Å². The van der Waals surface area contributed by atoms with E-state index in [4.69, 9.17) is 23.4 Å². The highest BCUT2D eigenvalue weighted by atomic mass is 127. The lowest BCUT2D eigenvalue weighted by atomic mass is 10.2. The summed E-state index contributed by atoms with van der Waals surface area (Å²) >= 11 is 12.0. The Balaban J connectivity index is 1.80. The van der Waals surface area contributed by atoms with Crippen LogP contribution in [0.1, 0.15) is 15.2 Å². The van der Waals surface area contributed by atoms with Crippen molar-refractivity contribution >= 4 is 103 Å². The third-order valence-corrected chi connectivity index (χ3v) is 7.14. The van der Waals surface area contributed by atoms with Gasteiger partial charge >= 0.3 is 0 Å². The highest BCUT2D eigenvalue weighted by Gasteiger charge is 2.34. The Morgan fingerprint density at radius 2 is 2.11 bits per heavy atom. The second-order valence-electron chi connectivity index (χ2n) is 5.24. The summed E-state index contributed by atoms with van der Waals surface area (Å²) in [5.74, 6) is 2.43. The van der Waals surface area contributed by atoms with Crippen molar-refractivity contribution in [1.82, 2.24) is 10.4 Å². The van der Waals surface area contributed by atoms with E-state index >= 15 is 0 Å². The Kier molecular flexibility index (Phi) is 7.37. The number of carbonyl (C=O) groups excluding carboxylic acids is 2. The van der Waals surface area contributed by atoms with Gasteiger partial charge in [0, 0.05) is 0 Å². The number of halogens is 2. The largest absolute Gasteiger partial charge is 0.479 e. The molecule has 1 aromatic heterocycles. The predicted octanol–water partition coefficient (Wildman–Crippen LogP) is 4.52. The van der Waals surface area contributed by atoms with Crippen LogP contribution >= 0.6 is 80.5 Å². The third kappa shape index (κ3) is 4.88. The number of rotatable bonds is 5. The first kappa shape index (κ1) is 21.6. The second kappa shape index (κ2) is 9.57. The van der Waals surface area contributed by atoms with Crippen molar-refractivity contribution < 1.29 is 14.3 Å². The summed E-state index contributed by atoms with van der Waals surface area (Å²) < 4.78 is 7.60.